The molecule has 6 atom stereocenters. The minimum absolute atomic E-state index is 0.0699. The Balaban J connectivity index is 1.41. The Bertz CT molecular complexity index is 980. The molecule has 5 rings (SSSR count). The second kappa shape index (κ2) is 7.46. The number of hydrogen-bond donors (Lipinski definition) is 1. The zero-order valence-electron chi connectivity index (χ0n) is 20.3. The van der Waals surface area contributed by atoms with Crippen LogP contribution in [0.15, 0.2) is 35.5 Å². The van der Waals surface area contributed by atoms with Crippen LogP contribution in [0.5, 0.6) is 0 Å². The number of anilines is 1. The van der Waals surface area contributed by atoms with Crippen LogP contribution in [-0.4, -0.2) is 23.8 Å². The largest absolute Gasteiger partial charge is 0.326 e. The highest BCUT2D eigenvalue weighted by Gasteiger charge is 2.61. The summed E-state index contributed by atoms with van der Waals surface area (Å²) < 4.78 is 0. The van der Waals surface area contributed by atoms with Gasteiger partial charge in [-0.05, 0) is 87.7 Å². The number of piperidine rings is 1. The number of amides is 2. The van der Waals surface area contributed by atoms with Crippen LogP contribution in [0.25, 0.3) is 0 Å². The topological polar surface area (TPSA) is 49.4 Å². The first-order valence-corrected chi connectivity index (χ1v) is 12.5. The van der Waals surface area contributed by atoms with Crippen LogP contribution < -0.4 is 5.32 Å². The van der Waals surface area contributed by atoms with Gasteiger partial charge >= 0.3 is 0 Å². The molecule has 2 saturated carbocycles. The van der Waals surface area contributed by atoms with Gasteiger partial charge < -0.3 is 10.2 Å². The third-order valence-corrected chi connectivity index (χ3v) is 9.95. The van der Waals surface area contributed by atoms with Gasteiger partial charge in [-0.15, -0.1) is 0 Å². The van der Waals surface area contributed by atoms with Crippen LogP contribution in [0, 0.1) is 41.4 Å². The van der Waals surface area contributed by atoms with E-state index in [1.54, 1.807) is 0 Å². The normalized spacial score (nSPS) is 38.8. The average Bonchev–Trinajstić information content (AvgIpc) is 3.10. The van der Waals surface area contributed by atoms with Crippen molar-refractivity contribution in [2.24, 2.45) is 34.5 Å². The lowest BCUT2D eigenvalue weighted by molar-refractivity contribution is -0.137. The molecule has 0 spiro atoms. The molecule has 1 aromatic rings. The lowest BCUT2D eigenvalue weighted by Crippen LogP contribution is -2.54. The minimum atomic E-state index is 0.0699. The van der Waals surface area contributed by atoms with E-state index in [1.807, 2.05) is 24.1 Å². The van der Waals surface area contributed by atoms with E-state index in [4.69, 9.17) is 0 Å². The molecule has 3 fully saturated rings. The van der Waals surface area contributed by atoms with Gasteiger partial charge in [-0.25, -0.2) is 0 Å². The number of likely N-dealkylation sites (tertiary alicyclic amines) is 1. The van der Waals surface area contributed by atoms with Crippen molar-refractivity contribution in [1.82, 2.24) is 4.90 Å². The molecule has 4 nitrogen and oxygen atoms in total. The average molecular weight is 435 g/mol. The molecule has 1 aromatic carbocycles. The maximum Gasteiger partial charge on any atom is 0.228 e. The quantitative estimate of drug-likeness (QED) is 0.627. The van der Waals surface area contributed by atoms with Crippen LogP contribution in [0.3, 0.4) is 0 Å². The fourth-order valence-corrected chi connectivity index (χ4v) is 8.41. The SMILES string of the molecule is CC1=C2N(C)C(=O)CC[C@]2(C)[C@H]2CC[C@]3(C)[C@@H](C(=O)Nc4ccc(C)cc4)CC[C@H]3[C@@H]2C1. The Morgan fingerprint density at radius 2 is 1.75 bits per heavy atom. The molecule has 4 aliphatic rings. The van der Waals surface area contributed by atoms with Crippen molar-refractivity contribution in [2.45, 2.75) is 72.6 Å². The van der Waals surface area contributed by atoms with E-state index in [0.29, 0.717) is 24.2 Å². The number of benzene rings is 1. The molecular formula is C28H38N2O2. The van der Waals surface area contributed by atoms with Gasteiger partial charge in [0.2, 0.25) is 11.8 Å². The molecule has 2 amide bonds. The van der Waals surface area contributed by atoms with Gasteiger partial charge in [-0.1, -0.05) is 37.1 Å². The Hall–Kier alpha value is -2.10. The van der Waals surface area contributed by atoms with E-state index in [-0.39, 0.29) is 28.6 Å². The summed E-state index contributed by atoms with van der Waals surface area (Å²) in [6.07, 6.45) is 7.15. The first-order chi connectivity index (χ1) is 15.1. The van der Waals surface area contributed by atoms with Gasteiger partial charge in [0.25, 0.3) is 0 Å². The molecule has 1 saturated heterocycles. The number of nitrogens with one attached hydrogen (secondary N) is 1. The van der Waals surface area contributed by atoms with Crippen LogP contribution in [-0.2, 0) is 9.59 Å². The van der Waals surface area contributed by atoms with Crippen molar-refractivity contribution in [3.8, 4) is 0 Å². The van der Waals surface area contributed by atoms with E-state index in [0.717, 1.165) is 37.8 Å². The summed E-state index contributed by atoms with van der Waals surface area (Å²) in [5, 5.41) is 3.22. The van der Waals surface area contributed by atoms with E-state index < -0.39 is 0 Å². The van der Waals surface area contributed by atoms with Gasteiger partial charge in [0.15, 0.2) is 0 Å². The monoisotopic (exact) mass is 434 g/mol. The molecule has 1 heterocycles. The third kappa shape index (κ3) is 3.08. The lowest BCUT2D eigenvalue weighted by Gasteiger charge is -2.59. The number of carbonyl (C=O) groups excluding carboxylic acids is 2. The molecule has 32 heavy (non-hydrogen) atoms. The van der Waals surface area contributed by atoms with E-state index >= 15 is 0 Å². The first kappa shape index (κ1) is 21.7. The second-order valence-electron chi connectivity index (χ2n) is 11.6. The molecule has 0 unspecified atom stereocenters. The summed E-state index contributed by atoms with van der Waals surface area (Å²) in [6, 6.07) is 8.14. The second-order valence-corrected chi connectivity index (χ2v) is 11.6. The third-order valence-electron chi connectivity index (χ3n) is 9.95. The molecule has 0 bridgehead atoms. The highest BCUT2D eigenvalue weighted by molar-refractivity contribution is 5.93. The molecule has 4 heteroatoms. The number of rotatable bonds is 2. The van der Waals surface area contributed by atoms with Crippen molar-refractivity contribution in [3.05, 3.63) is 41.1 Å². The highest BCUT2D eigenvalue weighted by atomic mass is 16.2. The smallest absolute Gasteiger partial charge is 0.228 e. The number of nitrogens with zero attached hydrogens (tertiary/aromatic N) is 1. The van der Waals surface area contributed by atoms with E-state index in [2.05, 4.69) is 45.1 Å². The minimum Gasteiger partial charge on any atom is -0.326 e. The van der Waals surface area contributed by atoms with Gasteiger partial charge in [-0.3, -0.25) is 9.59 Å². The van der Waals surface area contributed by atoms with Crippen LogP contribution in [0.2, 0.25) is 0 Å². The lowest BCUT2D eigenvalue weighted by atomic mass is 9.48. The Morgan fingerprint density at radius 1 is 1.03 bits per heavy atom. The molecular weight excluding hydrogens is 396 g/mol. The van der Waals surface area contributed by atoms with Gasteiger partial charge in [0, 0.05) is 36.2 Å². The Morgan fingerprint density at radius 3 is 2.47 bits per heavy atom. The Kier molecular flexibility index (Phi) is 5.07. The number of fused-ring (bicyclic) bond motifs is 5. The van der Waals surface area contributed by atoms with Gasteiger partial charge in [0.1, 0.15) is 0 Å². The number of allylic oxidation sites excluding steroid dienone is 2. The number of hydrogen-bond acceptors (Lipinski definition) is 2. The molecule has 172 valence electrons. The molecule has 3 aliphatic carbocycles. The van der Waals surface area contributed by atoms with Crippen molar-refractivity contribution in [1.29, 1.82) is 0 Å². The fourth-order valence-electron chi connectivity index (χ4n) is 8.41. The maximum absolute atomic E-state index is 13.4. The van der Waals surface area contributed by atoms with Crippen molar-refractivity contribution in [2.75, 3.05) is 12.4 Å². The van der Waals surface area contributed by atoms with Gasteiger partial charge in [0.05, 0.1) is 0 Å². The van der Waals surface area contributed by atoms with Crippen LogP contribution in [0.4, 0.5) is 5.69 Å². The van der Waals surface area contributed by atoms with Crippen molar-refractivity contribution >= 4 is 17.5 Å². The fraction of sp³-hybridized carbons (Fsp3) is 0.643. The molecule has 0 aromatic heterocycles. The van der Waals surface area contributed by atoms with Crippen LogP contribution >= 0.6 is 0 Å². The molecule has 1 N–H and O–H groups in total. The predicted molar refractivity (Wildman–Crippen MR) is 128 cm³/mol. The van der Waals surface area contributed by atoms with Gasteiger partial charge in [-0.2, -0.15) is 0 Å². The zero-order valence-corrected chi connectivity index (χ0v) is 20.3. The van der Waals surface area contributed by atoms with Crippen LogP contribution in [0.1, 0.15) is 71.3 Å². The van der Waals surface area contributed by atoms with Crippen molar-refractivity contribution in [3.63, 3.8) is 0 Å². The van der Waals surface area contributed by atoms with E-state index in [9.17, 15) is 9.59 Å². The van der Waals surface area contributed by atoms with Crippen molar-refractivity contribution < 1.29 is 9.59 Å². The number of carbonyl (C=O) groups is 2. The summed E-state index contributed by atoms with van der Waals surface area (Å²) in [5.41, 5.74) is 4.99. The van der Waals surface area contributed by atoms with E-state index in [1.165, 1.54) is 23.3 Å². The summed E-state index contributed by atoms with van der Waals surface area (Å²) in [7, 11) is 1.98. The maximum atomic E-state index is 13.4. The summed E-state index contributed by atoms with van der Waals surface area (Å²) >= 11 is 0. The zero-order chi connectivity index (χ0) is 22.8. The summed E-state index contributed by atoms with van der Waals surface area (Å²) in [5.74, 6) is 2.39. The standard InChI is InChI=1S/C28H38N2O2/c1-17-6-8-19(9-7-17)29-26(32)23-11-10-21-20-16-18(2)25-28(4,15-13-24(31)30(25)5)22(20)12-14-27(21,23)3/h6-9,20-23H,10-16H2,1-5H3,(H,29,32)/t20-,21-,22-,23+,27-,28+/m0/s1. The summed E-state index contributed by atoms with van der Waals surface area (Å²) in [6.45, 7) is 9.14. The first-order valence-electron chi connectivity index (χ1n) is 12.5. The Labute approximate surface area is 192 Å². The summed E-state index contributed by atoms with van der Waals surface area (Å²) in [4.78, 5) is 27.8. The molecule has 0 radical (unpaired) electrons. The predicted octanol–water partition coefficient (Wildman–Crippen LogP) is 5.93. The number of aryl methyl sites for hydroxylation is 1. The highest BCUT2D eigenvalue weighted by Crippen LogP contribution is 2.66. The molecule has 1 aliphatic heterocycles.